The Hall–Kier alpha value is -1.65. The van der Waals surface area contributed by atoms with E-state index in [1.807, 2.05) is 0 Å². The number of amides is 3. The molecule has 1 rings (SSSR count). The van der Waals surface area contributed by atoms with Crippen LogP contribution in [0.3, 0.4) is 0 Å². The SMILES string of the molecule is CCCCN(C)C(=O)CCN1C(=O)C=CC1=O. The maximum absolute atomic E-state index is 11.7. The van der Waals surface area contributed by atoms with Gasteiger partial charge in [-0.25, -0.2) is 0 Å². The van der Waals surface area contributed by atoms with Gasteiger partial charge in [0.2, 0.25) is 5.91 Å². The van der Waals surface area contributed by atoms with Crippen LogP contribution in [0.25, 0.3) is 0 Å². The average Bonchev–Trinajstić information content (AvgIpc) is 2.63. The zero-order valence-corrected chi connectivity index (χ0v) is 10.3. The lowest BCUT2D eigenvalue weighted by molar-refractivity contribution is -0.137. The monoisotopic (exact) mass is 238 g/mol. The van der Waals surface area contributed by atoms with Crippen molar-refractivity contribution in [3.63, 3.8) is 0 Å². The molecule has 3 amide bonds. The molecule has 0 aromatic heterocycles. The third kappa shape index (κ3) is 3.69. The molecule has 5 heteroatoms. The summed E-state index contributed by atoms with van der Waals surface area (Å²) in [6, 6.07) is 0. The third-order valence-electron chi connectivity index (χ3n) is 2.72. The lowest BCUT2D eigenvalue weighted by atomic mass is 10.3. The average molecular weight is 238 g/mol. The van der Waals surface area contributed by atoms with Crippen LogP contribution in [0.1, 0.15) is 26.2 Å². The summed E-state index contributed by atoms with van der Waals surface area (Å²) in [6.07, 6.45) is 4.65. The molecule has 0 atom stereocenters. The second-order valence-electron chi connectivity index (χ2n) is 4.08. The highest BCUT2D eigenvalue weighted by Crippen LogP contribution is 2.05. The van der Waals surface area contributed by atoms with Crippen LogP contribution >= 0.6 is 0 Å². The summed E-state index contributed by atoms with van der Waals surface area (Å²) in [5.41, 5.74) is 0. The summed E-state index contributed by atoms with van der Waals surface area (Å²) in [7, 11) is 1.74. The van der Waals surface area contributed by atoms with Gasteiger partial charge in [-0.05, 0) is 6.42 Å². The number of imide groups is 1. The Bertz CT molecular complexity index is 332. The van der Waals surface area contributed by atoms with Crippen LogP contribution in [0.15, 0.2) is 12.2 Å². The first kappa shape index (κ1) is 13.4. The first-order valence-corrected chi connectivity index (χ1v) is 5.83. The van der Waals surface area contributed by atoms with E-state index in [0.29, 0.717) is 0 Å². The van der Waals surface area contributed by atoms with E-state index < -0.39 is 0 Å². The van der Waals surface area contributed by atoms with E-state index in [2.05, 4.69) is 6.92 Å². The molecule has 0 saturated heterocycles. The van der Waals surface area contributed by atoms with E-state index in [1.54, 1.807) is 11.9 Å². The van der Waals surface area contributed by atoms with Crippen LogP contribution in [0.4, 0.5) is 0 Å². The van der Waals surface area contributed by atoms with Crippen molar-refractivity contribution in [1.29, 1.82) is 0 Å². The Kier molecular flexibility index (Phi) is 4.87. The van der Waals surface area contributed by atoms with E-state index in [0.717, 1.165) is 24.3 Å². The maximum atomic E-state index is 11.7. The van der Waals surface area contributed by atoms with E-state index in [1.165, 1.54) is 12.2 Å². The van der Waals surface area contributed by atoms with E-state index >= 15 is 0 Å². The van der Waals surface area contributed by atoms with Gasteiger partial charge in [0.1, 0.15) is 0 Å². The molecule has 0 fully saturated rings. The van der Waals surface area contributed by atoms with Gasteiger partial charge >= 0.3 is 0 Å². The van der Waals surface area contributed by atoms with Gasteiger partial charge in [0, 0.05) is 38.7 Å². The van der Waals surface area contributed by atoms with Crippen LogP contribution in [0.5, 0.6) is 0 Å². The number of nitrogens with zero attached hydrogens (tertiary/aromatic N) is 2. The van der Waals surface area contributed by atoms with Crippen LogP contribution in [-0.4, -0.2) is 47.7 Å². The number of hydrogen-bond donors (Lipinski definition) is 0. The fourth-order valence-electron chi connectivity index (χ4n) is 1.57. The molecule has 1 aliphatic rings. The molecule has 0 aromatic rings. The quantitative estimate of drug-likeness (QED) is 0.635. The summed E-state index contributed by atoms with van der Waals surface area (Å²) < 4.78 is 0. The van der Waals surface area contributed by atoms with Crippen LogP contribution in [0.2, 0.25) is 0 Å². The minimum absolute atomic E-state index is 0.0362. The van der Waals surface area contributed by atoms with Crippen molar-refractivity contribution in [2.45, 2.75) is 26.2 Å². The highest BCUT2D eigenvalue weighted by Gasteiger charge is 2.23. The lowest BCUT2D eigenvalue weighted by Gasteiger charge is -2.19. The molecule has 0 saturated carbocycles. The van der Waals surface area contributed by atoms with Gasteiger partial charge in [0.05, 0.1) is 0 Å². The van der Waals surface area contributed by atoms with Gasteiger partial charge in [0.25, 0.3) is 11.8 Å². The number of rotatable bonds is 6. The van der Waals surface area contributed by atoms with Gasteiger partial charge in [0.15, 0.2) is 0 Å². The molecule has 1 heterocycles. The van der Waals surface area contributed by atoms with E-state index in [4.69, 9.17) is 0 Å². The molecule has 5 nitrogen and oxygen atoms in total. The summed E-state index contributed by atoms with van der Waals surface area (Å²) in [4.78, 5) is 36.9. The van der Waals surface area contributed by atoms with Crippen molar-refractivity contribution < 1.29 is 14.4 Å². The predicted octanol–water partition coefficient (Wildman–Crippen LogP) is 0.560. The molecular weight excluding hydrogens is 220 g/mol. The van der Waals surface area contributed by atoms with Crippen LogP contribution in [0, 0.1) is 0 Å². The molecule has 0 radical (unpaired) electrons. The van der Waals surface area contributed by atoms with Gasteiger partial charge in [-0.1, -0.05) is 13.3 Å². The van der Waals surface area contributed by atoms with Crippen LogP contribution < -0.4 is 0 Å². The van der Waals surface area contributed by atoms with Crippen molar-refractivity contribution in [2.75, 3.05) is 20.1 Å². The number of carbonyl (C=O) groups excluding carboxylic acids is 3. The topological polar surface area (TPSA) is 57.7 Å². The maximum Gasteiger partial charge on any atom is 0.253 e. The molecule has 17 heavy (non-hydrogen) atoms. The number of carbonyl (C=O) groups is 3. The zero-order chi connectivity index (χ0) is 12.8. The molecule has 0 aromatic carbocycles. The molecule has 0 aliphatic carbocycles. The van der Waals surface area contributed by atoms with Gasteiger partial charge in [-0.2, -0.15) is 0 Å². The highest BCUT2D eigenvalue weighted by atomic mass is 16.2. The molecule has 1 aliphatic heterocycles. The Morgan fingerprint density at radius 3 is 2.41 bits per heavy atom. The fourth-order valence-corrected chi connectivity index (χ4v) is 1.57. The molecular formula is C12H18N2O3. The third-order valence-corrected chi connectivity index (χ3v) is 2.72. The first-order valence-electron chi connectivity index (χ1n) is 5.83. The predicted molar refractivity (Wildman–Crippen MR) is 63.0 cm³/mol. The Balaban J connectivity index is 2.33. The van der Waals surface area contributed by atoms with E-state index in [-0.39, 0.29) is 30.7 Å². The van der Waals surface area contributed by atoms with Gasteiger partial charge < -0.3 is 4.90 Å². The Morgan fingerprint density at radius 2 is 1.88 bits per heavy atom. The molecule has 94 valence electrons. The van der Waals surface area contributed by atoms with Crippen molar-refractivity contribution >= 4 is 17.7 Å². The molecule has 0 bridgehead atoms. The van der Waals surface area contributed by atoms with Gasteiger partial charge in [-0.15, -0.1) is 0 Å². The van der Waals surface area contributed by atoms with Crippen molar-refractivity contribution in [1.82, 2.24) is 9.80 Å². The minimum atomic E-state index is -0.334. The van der Waals surface area contributed by atoms with Crippen molar-refractivity contribution in [3.8, 4) is 0 Å². The zero-order valence-electron chi connectivity index (χ0n) is 10.3. The largest absolute Gasteiger partial charge is 0.346 e. The number of unbranched alkanes of at least 4 members (excludes halogenated alkanes) is 1. The summed E-state index contributed by atoms with van der Waals surface area (Å²) >= 11 is 0. The highest BCUT2D eigenvalue weighted by molar-refractivity contribution is 6.13. The summed E-state index contributed by atoms with van der Waals surface area (Å²) in [6.45, 7) is 2.95. The summed E-state index contributed by atoms with van der Waals surface area (Å²) in [5, 5.41) is 0. The lowest BCUT2D eigenvalue weighted by Crippen LogP contribution is -2.35. The van der Waals surface area contributed by atoms with Gasteiger partial charge in [-0.3, -0.25) is 19.3 Å². The van der Waals surface area contributed by atoms with E-state index in [9.17, 15) is 14.4 Å². The Morgan fingerprint density at radius 1 is 1.29 bits per heavy atom. The minimum Gasteiger partial charge on any atom is -0.346 e. The second-order valence-corrected chi connectivity index (χ2v) is 4.08. The normalized spacial score (nSPS) is 14.6. The second kappa shape index (κ2) is 6.18. The summed E-state index contributed by atoms with van der Waals surface area (Å²) in [5.74, 6) is -0.705. The van der Waals surface area contributed by atoms with Crippen molar-refractivity contribution in [3.05, 3.63) is 12.2 Å². The van der Waals surface area contributed by atoms with Crippen LogP contribution in [-0.2, 0) is 14.4 Å². The standard InChI is InChI=1S/C12H18N2O3/c1-3-4-8-13(2)10(15)7-9-14-11(16)5-6-12(14)17/h5-6H,3-4,7-9H2,1-2H3. The molecule has 0 spiro atoms. The molecule has 0 unspecified atom stereocenters. The molecule has 0 N–H and O–H groups in total. The van der Waals surface area contributed by atoms with Crippen molar-refractivity contribution in [2.24, 2.45) is 0 Å². The fraction of sp³-hybridized carbons (Fsp3) is 0.583. The smallest absolute Gasteiger partial charge is 0.253 e. The Labute approximate surface area is 101 Å². The first-order chi connectivity index (χ1) is 8.06. The number of hydrogen-bond acceptors (Lipinski definition) is 3.